The van der Waals surface area contributed by atoms with Gasteiger partial charge in [-0.2, -0.15) is 0 Å². The van der Waals surface area contributed by atoms with Gasteiger partial charge in [-0.15, -0.1) is 0 Å². The molecule has 1 aliphatic rings. The lowest BCUT2D eigenvalue weighted by atomic mass is 9.89. The van der Waals surface area contributed by atoms with Crippen molar-refractivity contribution < 1.29 is 9.53 Å². The van der Waals surface area contributed by atoms with Crippen LogP contribution < -0.4 is 10.6 Å². The maximum atomic E-state index is 11.5. The first-order chi connectivity index (χ1) is 10.0. The average Bonchev–Trinajstić information content (AvgIpc) is 2.72. The Morgan fingerprint density at radius 3 is 2.71 bits per heavy atom. The van der Waals surface area contributed by atoms with Crippen molar-refractivity contribution >= 4 is 17.3 Å². The molecule has 0 radical (unpaired) electrons. The third-order valence-corrected chi connectivity index (χ3v) is 4.50. The zero-order valence-electron chi connectivity index (χ0n) is 13.3. The summed E-state index contributed by atoms with van der Waals surface area (Å²) in [4.78, 5) is 13.9. The number of ether oxygens (including phenoxy) is 1. The molecular formula is C17H26N2O2. The van der Waals surface area contributed by atoms with E-state index in [4.69, 9.17) is 10.5 Å². The SMILES string of the molecule is COC(=O)c1ccc(N2CCCC(C(C)C)CC2)c(N)c1. The topological polar surface area (TPSA) is 55.6 Å². The molecule has 1 aromatic rings. The number of hydrogen-bond donors (Lipinski definition) is 1. The minimum absolute atomic E-state index is 0.344. The van der Waals surface area contributed by atoms with Crippen molar-refractivity contribution in [1.29, 1.82) is 0 Å². The normalized spacial score (nSPS) is 19.4. The first kappa shape index (κ1) is 15.7. The Kier molecular flexibility index (Phi) is 5.10. The van der Waals surface area contributed by atoms with Gasteiger partial charge in [0.1, 0.15) is 0 Å². The summed E-state index contributed by atoms with van der Waals surface area (Å²) in [5.74, 6) is 1.19. The molecule has 1 unspecified atom stereocenters. The number of esters is 1. The van der Waals surface area contributed by atoms with Gasteiger partial charge in [0.25, 0.3) is 0 Å². The first-order valence-corrected chi connectivity index (χ1v) is 7.75. The van der Waals surface area contributed by atoms with E-state index in [1.54, 1.807) is 12.1 Å². The van der Waals surface area contributed by atoms with Crippen LogP contribution in [0.15, 0.2) is 18.2 Å². The van der Waals surface area contributed by atoms with Gasteiger partial charge in [0, 0.05) is 13.1 Å². The van der Waals surface area contributed by atoms with E-state index in [0.29, 0.717) is 11.3 Å². The van der Waals surface area contributed by atoms with Crippen molar-refractivity contribution in [3.05, 3.63) is 23.8 Å². The molecule has 1 aromatic carbocycles. The molecule has 1 atom stereocenters. The number of hydrogen-bond acceptors (Lipinski definition) is 4. The molecule has 1 saturated heterocycles. The number of carbonyl (C=O) groups is 1. The highest BCUT2D eigenvalue weighted by molar-refractivity contribution is 5.91. The Bertz CT molecular complexity index is 500. The third-order valence-electron chi connectivity index (χ3n) is 4.50. The highest BCUT2D eigenvalue weighted by atomic mass is 16.5. The first-order valence-electron chi connectivity index (χ1n) is 7.75. The van der Waals surface area contributed by atoms with E-state index in [1.807, 2.05) is 6.07 Å². The summed E-state index contributed by atoms with van der Waals surface area (Å²) in [5, 5.41) is 0. The fourth-order valence-corrected chi connectivity index (χ4v) is 3.12. The largest absolute Gasteiger partial charge is 0.465 e. The second-order valence-electron chi connectivity index (χ2n) is 6.19. The Labute approximate surface area is 127 Å². The van der Waals surface area contributed by atoms with Crippen LogP contribution in [-0.2, 0) is 4.74 Å². The van der Waals surface area contributed by atoms with E-state index in [0.717, 1.165) is 30.6 Å². The highest BCUT2D eigenvalue weighted by Gasteiger charge is 2.21. The van der Waals surface area contributed by atoms with Crippen molar-refractivity contribution in [2.45, 2.75) is 33.1 Å². The molecule has 0 amide bonds. The van der Waals surface area contributed by atoms with Crippen molar-refractivity contribution in [3.63, 3.8) is 0 Å². The standard InChI is InChI=1S/C17H26N2O2/c1-12(2)13-5-4-9-19(10-8-13)16-7-6-14(11-15(16)18)17(20)21-3/h6-7,11-13H,4-5,8-10,18H2,1-3H3. The molecule has 21 heavy (non-hydrogen) atoms. The van der Waals surface area contributed by atoms with Gasteiger partial charge in [-0.05, 0) is 49.3 Å². The van der Waals surface area contributed by atoms with Crippen LogP contribution in [0, 0.1) is 11.8 Å². The number of methoxy groups -OCH3 is 1. The number of rotatable bonds is 3. The quantitative estimate of drug-likeness (QED) is 0.685. The molecule has 0 saturated carbocycles. The predicted molar refractivity (Wildman–Crippen MR) is 86.6 cm³/mol. The van der Waals surface area contributed by atoms with Crippen LogP contribution >= 0.6 is 0 Å². The Morgan fingerprint density at radius 2 is 2.10 bits per heavy atom. The van der Waals surface area contributed by atoms with Gasteiger partial charge >= 0.3 is 5.97 Å². The van der Waals surface area contributed by atoms with Crippen molar-refractivity contribution in [3.8, 4) is 0 Å². The predicted octanol–water partition coefficient (Wildman–Crippen LogP) is 3.32. The van der Waals surface area contributed by atoms with Gasteiger partial charge in [0.05, 0.1) is 24.0 Å². The monoisotopic (exact) mass is 290 g/mol. The van der Waals surface area contributed by atoms with Crippen LogP contribution in [0.5, 0.6) is 0 Å². The summed E-state index contributed by atoms with van der Waals surface area (Å²) in [6.07, 6.45) is 3.69. The Morgan fingerprint density at radius 1 is 1.33 bits per heavy atom. The van der Waals surface area contributed by atoms with E-state index in [-0.39, 0.29) is 5.97 Å². The Hall–Kier alpha value is -1.71. The highest BCUT2D eigenvalue weighted by Crippen LogP contribution is 2.30. The van der Waals surface area contributed by atoms with Gasteiger partial charge in [0.15, 0.2) is 0 Å². The number of anilines is 2. The molecule has 4 nitrogen and oxygen atoms in total. The Balaban J connectivity index is 2.13. The maximum Gasteiger partial charge on any atom is 0.337 e. The molecule has 0 aliphatic carbocycles. The molecule has 0 spiro atoms. The summed E-state index contributed by atoms with van der Waals surface area (Å²) in [6.45, 7) is 6.68. The van der Waals surface area contributed by atoms with Gasteiger partial charge in [0.2, 0.25) is 0 Å². The lowest BCUT2D eigenvalue weighted by Gasteiger charge is -2.25. The van der Waals surface area contributed by atoms with E-state index >= 15 is 0 Å². The number of benzene rings is 1. The van der Waals surface area contributed by atoms with Crippen LogP contribution in [-0.4, -0.2) is 26.2 Å². The van der Waals surface area contributed by atoms with Gasteiger partial charge in [-0.25, -0.2) is 4.79 Å². The fraction of sp³-hybridized carbons (Fsp3) is 0.588. The molecule has 1 heterocycles. The molecule has 0 aromatic heterocycles. The summed E-state index contributed by atoms with van der Waals surface area (Å²) in [5.41, 5.74) is 8.34. The number of nitrogen functional groups attached to an aromatic ring is 1. The average molecular weight is 290 g/mol. The van der Waals surface area contributed by atoms with E-state index < -0.39 is 0 Å². The molecule has 4 heteroatoms. The second kappa shape index (κ2) is 6.83. The second-order valence-corrected chi connectivity index (χ2v) is 6.19. The lowest BCUT2D eigenvalue weighted by Crippen LogP contribution is -2.25. The smallest absolute Gasteiger partial charge is 0.337 e. The summed E-state index contributed by atoms with van der Waals surface area (Å²) in [7, 11) is 1.38. The van der Waals surface area contributed by atoms with Crippen LogP contribution in [0.3, 0.4) is 0 Å². The molecular weight excluding hydrogens is 264 g/mol. The van der Waals surface area contributed by atoms with E-state index in [1.165, 1.54) is 26.4 Å². The summed E-state index contributed by atoms with van der Waals surface area (Å²) < 4.78 is 4.73. The number of nitrogens with zero attached hydrogens (tertiary/aromatic N) is 1. The van der Waals surface area contributed by atoms with Gasteiger partial charge in [-0.3, -0.25) is 0 Å². The van der Waals surface area contributed by atoms with Crippen LogP contribution in [0.2, 0.25) is 0 Å². The van der Waals surface area contributed by atoms with E-state index in [2.05, 4.69) is 18.7 Å². The molecule has 1 aliphatic heterocycles. The van der Waals surface area contributed by atoms with Crippen molar-refractivity contribution in [1.82, 2.24) is 0 Å². The van der Waals surface area contributed by atoms with Crippen LogP contribution in [0.4, 0.5) is 11.4 Å². The van der Waals surface area contributed by atoms with Crippen LogP contribution in [0.25, 0.3) is 0 Å². The van der Waals surface area contributed by atoms with Crippen molar-refractivity contribution in [2.24, 2.45) is 11.8 Å². The molecule has 1 fully saturated rings. The zero-order valence-corrected chi connectivity index (χ0v) is 13.3. The fourth-order valence-electron chi connectivity index (χ4n) is 3.12. The molecule has 2 rings (SSSR count). The van der Waals surface area contributed by atoms with Crippen LogP contribution in [0.1, 0.15) is 43.5 Å². The zero-order chi connectivity index (χ0) is 15.4. The maximum absolute atomic E-state index is 11.5. The van der Waals surface area contributed by atoms with Gasteiger partial charge in [-0.1, -0.05) is 13.8 Å². The summed E-state index contributed by atoms with van der Waals surface area (Å²) >= 11 is 0. The van der Waals surface area contributed by atoms with E-state index in [9.17, 15) is 4.79 Å². The molecule has 2 N–H and O–H groups in total. The molecule has 0 bridgehead atoms. The number of nitrogens with two attached hydrogens (primary N) is 1. The minimum Gasteiger partial charge on any atom is -0.465 e. The summed E-state index contributed by atoms with van der Waals surface area (Å²) in [6, 6.07) is 5.45. The minimum atomic E-state index is -0.344. The third kappa shape index (κ3) is 3.69. The number of carbonyl (C=O) groups excluding carboxylic acids is 1. The lowest BCUT2D eigenvalue weighted by molar-refractivity contribution is 0.0601. The molecule has 116 valence electrons. The van der Waals surface area contributed by atoms with Crippen molar-refractivity contribution in [2.75, 3.05) is 30.8 Å². The van der Waals surface area contributed by atoms with Gasteiger partial charge < -0.3 is 15.4 Å².